The topological polar surface area (TPSA) is 26.3 Å². The third-order valence-corrected chi connectivity index (χ3v) is 1.58. The smallest absolute Gasteiger partial charge is 0.331 e. The van der Waals surface area contributed by atoms with E-state index in [-0.39, 0.29) is 5.97 Å². The summed E-state index contributed by atoms with van der Waals surface area (Å²) in [6.45, 7) is 0.303. The summed E-state index contributed by atoms with van der Waals surface area (Å²) in [5, 5.41) is 1.35. The van der Waals surface area contributed by atoms with Crippen molar-refractivity contribution in [3.05, 3.63) is 47.4 Å². The second-order valence-corrected chi connectivity index (χ2v) is 2.71. The van der Waals surface area contributed by atoms with Gasteiger partial charge in [0.1, 0.15) is 6.61 Å². The van der Waals surface area contributed by atoms with E-state index < -0.39 is 0 Å². The molecule has 0 bridgehead atoms. The first-order valence-electron chi connectivity index (χ1n) is 3.84. The maximum absolute atomic E-state index is 10.9. The van der Waals surface area contributed by atoms with E-state index in [1.165, 1.54) is 11.5 Å². The zero-order chi connectivity index (χ0) is 9.52. The highest BCUT2D eigenvalue weighted by Gasteiger charge is 1.96. The van der Waals surface area contributed by atoms with Gasteiger partial charge in [0, 0.05) is 6.08 Å². The van der Waals surface area contributed by atoms with Crippen LogP contribution in [0.3, 0.4) is 0 Å². The molecule has 68 valence electrons. The van der Waals surface area contributed by atoms with Crippen molar-refractivity contribution in [3.63, 3.8) is 0 Å². The van der Waals surface area contributed by atoms with Crippen molar-refractivity contribution in [1.82, 2.24) is 0 Å². The second kappa shape index (κ2) is 5.43. The van der Waals surface area contributed by atoms with Gasteiger partial charge < -0.3 is 4.74 Å². The first kappa shape index (κ1) is 9.86. The van der Waals surface area contributed by atoms with Gasteiger partial charge in [-0.2, -0.15) is 12.6 Å². The molecule has 0 atom stereocenters. The fraction of sp³-hybridized carbons (Fsp3) is 0.100. The van der Waals surface area contributed by atoms with Crippen molar-refractivity contribution in [3.8, 4) is 0 Å². The minimum atomic E-state index is -0.376. The number of carbonyl (C=O) groups excluding carboxylic acids is 1. The standard InChI is InChI=1S/C10H10O2S/c11-10(6-7-13)12-8-9-4-2-1-3-5-9/h1-7,13H,8H2/b7-6+. The number of hydrogen-bond donors (Lipinski definition) is 1. The Morgan fingerprint density at radius 3 is 2.69 bits per heavy atom. The Morgan fingerprint density at radius 2 is 2.08 bits per heavy atom. The van der Waals surface area contributed by atoms with Crippen LogP contribution in [0.2, 0.25) is 0 Å². The number of carbonyl (C=O) groups is 1. The van der Waals surface area contributed by atoms with Crippen molar-refractivity contribution in [1.29, 1.82) is 0 Å². The maximum Gasteiger partial charge on any atom is 0.331 e. The number of hydrogen-bond acceptors (Lipinski definition) is 3. The highest BCUT2D eigenvalue weighted by atomic mass is 32.1. The Bertz CT molecular complexity index is 293. The van der Waals surface area contributed by atoms with Gasteiger partial charge in [0.15, 0.2) is 0 Å². The minimum absolute atomic E-state index is 0.303. The van der Waals surface area contributed by atoms with Crippen LogP contribution in [-0.2, 0) is 16.1 Å². The fourth-order valence-corrected chi connectivity index (χ4v) is 0.959. The summed E-state index contributed by atoms with van der Waals surface area (Å²) in [6, 6.07) is 9.52. The number of esters is 1. The molecule has 0 amide bonds. The molecule has 0 radical (unpaired) electrons. The predicted molar refractivity (Wildman–Crippen MR) is 54.4 cm³/mol. The molecule has 2 nitrogen and oxygen atoms in total. The van der Waals surface area contributed by atoms with E-state index in [4.69, 9.17) is 4.74 Å². The number of ether oxygens (including phenoxy) is 1. The molecule has 0 saturated carbocycles. The molecule has 0 aliphatic heterocycles. The molecule has 0 aromatic heterocycles. The van der Waals surface area contributed by atoms with Crippen LogP contribution in [0, 0.1) is 0 Å². The SMILES string of the molecule is O=C(/C=C/S)OCc1ccccc1. The lowest BCUT2D eigenvalue weighted by atomic mass is 10.2. The molecule has 1 aromatic rings. The monoisotopic (exact) mass is 194 g/mol. The molecule has 3 heteroatoms. The minimum Gasteiger partial charge on any atom is -0.458 e. The molecule has 1 aromatic carbocycles. The van der Waals surface area contributed by atoms with Crippen LogP contribution in [0.4, 0.5) is 0 Å². The molecule has 1 rings (SSSR count). The number of benzene rings is 1. The molecule has 0 unspecified atom stereocenters. The molecular formula is C10H10O2S. The molecule has 0 heterocycles. The zero-order valence-corrected chi connectivity index (χ0v) is 7.91. The molecule has 0 fully saturated rings. The Hall–Kier alpha value is -1.22. The highest BCUT2D eigenvalue weighted by Crippen LogP contribution is 2.00. The van der Waals surface area contributed by atoms with Crippen molar-refractivity contribution >= 4 is 18.6 Å². The van der Waals surface area contributed by atoms with Gasteiger partial charge in [-0.15, -0.1) is 0 Å². The van der Waals surface area contributed by atoms with Crippen LogP contribution in [0.1, 0.15) is 5.56 Å². The van der Waals surface area contributed by atoms with Crippen LogP contribution >= 0.6 is 12.6 Å². The van der Waals surface area contributed by atoms with Crippen molar-refractivity contribution in [2.24, 2.45) is 0 Å². The molecule has 13 heavy (non-hydrogen) atoms. The number of thiol groups is 1. The molecular weight excluding hydrogens is 184 g/mol. The zero-order valence-electron chi connectivity index (χ0n) is 7.01. The lowest BCUT2D eigenvalue weighted by Gasteiger charge is -2.00. The normalized spacial score (nSPS) is 10.2. The molecule has 0 aliphatic carbocycles. The van der Waals surface area contributed by atoms with E-state index in [1.54, 1.807) is 0 Å². The van der Waals surface area contributed by atoms with Crippen molar-refractivity contribution in [2.75, 3.05) is 0 Å². The first-order chi connectivity index (χ1) is 6.33. The predicted octanol–water partition coefficient (Wildman–Crippen LogP) is 2.17. The first-order valence-corrected chi connectivity index (χ1v) is 4.36. The van der Waals surface area contributed by atoms with Gasteiger partial charge in [-0.25, -0.2) is 4.79 Å². The van der Waals surface area contributed by atoms with Crippen LogP contribution < -0.4 is 0 Å². The summed E-state index contributed by atoms with van der Waals surface area (Å²) < 4.78 is 4.89. The second-order valence-electron chi connectivity index (χ2n) is 2.41. The molecule has 0 aliphatic rings. The summed E-state index contributed by atoms with van der Waals surface area (Å²) in [5.41, 5.74) is 0.975. The van der Waals surface area contributed by atoms with E-state index >= 15 is 0 Å². The Balaban J connectivity index is 2.40. The summed E-state index contributed by atoms with van der Waals surface area (Å²) in [4.78, 5) is 10.9. The molecule has 0 N–H and O–H groups in total. The largest absolute Gasteiger partial charge is 0.458 e. The van der Waals surface area contributed by atoms with Crippen LogP contribution in [0.25, 0.3) is 0 Å². The van der Waals surface area contributed by atoms with Crippen molar-refractivity contribution < 1.29 is 9.53 Å². The van der Waals surface area contributed by atoms with Crippen molar-refractivity contribution in [2.45, 2.75) is 6.61 Å². The summed E-state index contributed by atoms with van der Waals surface area (Å²) in [5.74, 6) is -0.376. The van der Waals surface area contributed by atoms with Gasteiger partial charge in [0.2, 0.25) is 0 Å². The lowest BCUT2D eigenvalue weighted by Crippen LogP contribution is -1.99. The van der Waals surface area contributed by atoms with Gasteiger partial charge in [-0.3, -0.25) is 0 Å². The van der Waals surface area contributed by atoms with Gasteiger partial charge in [-0.05, 0) is 11.0 Å². The van der Waals surface area contributed by atoms with Gasteiger partial charge in [-0.1, -0.05) is 30.3 Å². The fourth-order valence-electron chi connectivity index (χ4n) is 0.838. The van der Waals surface area contributed by atoms with Crippen LogP contribution in [-0.4, -0.2) is 5.97 Å². The van der Waals surface area contributed by atoms with E-state index in [1.807, 2.05) is 30.3 Å². The molecule has 0 spiro atoms. The Morgan fingerprint density at radius 1 is 1.38 bits per heavy atom. The van der Waals surface area contributed by atoms with E-state index in [0.29, 0.717) is 6.61 Å². The highest BCUT2D eigenvalue weighted by molar-refractivity contribution is 7.83. The summed E-state index contributed by atoms with van der Waals surface area (Å²) >= 11 is 3.76. The third-order valence-electron chi connectivity index (χ3n) is 1.43. The van der Waals surface area contributed by atoms with Crippen LogP contribution in [0.15, 0.2) is 41.8 Å². The number of rotatable bonds is 3. The van der Waals surface area contributed by atoms with E-state index in [2.05, 4.69) is 12.6 Å². The average Bonchev–Trinajstić information content (AvgIpc) is 2.17. The third kappa shape index (κ3) is 3.80. The Labute approximate surface area is 82.6 Å². The lowest BCUT2D eigenvalue weighted by molar-refractivity contribution is -0.138. The molecule has 0 saturated heterocycles. The quantitative estimate of drug-likeness (QED) is 0.453. The van der Waals surface area contributed by atoms with Gasteiger partial charge >= 0.3 is 5.97 Å². The van der Waals surface area contributed by atoms with Crippen LogP contribution in [0.5, 0.6) is 0 Å². The van der Waals surface area contributed by atoms with Gasteiger partial charge in [0.25, 0.3) is 0 Å². The summed E-state index contributed by atoms with van der Waals surface area (Å²) in [7, 11) is 0. The average molecular weight is 194 g/mol. The summed E-state index contributed by atoms with van der Waals surface area (Å²) in [6.07, 6.45) is 1.27. The maximum atomic E-state index is 10.9. The van der Waals surface area contributed by atoms with Gasteiger partial charge in [0.05, 0.1) is 0 Å². The van der Waals surface area contributed by atoms with E-state index in [0.717, 1.165) is 5.56 Å². The van der Waals surface area contributed by atoms with E-state index in [9.17, 15) is 4.79 Å². The Kier molecular flexibility index (Phi) is 4.12.